The maximum atomic E-state index is 13.4. The molecule has 0 spiro atoms. The minimum atomic E-state index is -1.12. The van der Waals surface area contributed by atoms with E-state index in [0.717, 1.165) is 12.5 Å². The van der Waals surface area contributed by atoms with E-state index in [1.54, 1.807) is 0 Å². The van der Waals surface area contributed by atoms with Crippen LogP contribution < -0.4 is 10.6 Å². The molecule has 0 heterocycles. The van der Waals surface area contributed by atoms with Crippen LogP contribution in [0, 0.1) is 5.82 Å². The quantitative estimate of drug-likeness (QED) is 0.755. The molecule has 5 nitrogen and oxygen atoms in total. The monoisotopic (exact) mass is 302 g/mol. The standard InChI is InChI=1S/C13H16ClFN2O3/c1-2-3-4-10(12(18)19)16-13(20)17-11-7-8(14)5-6-9(11)15/h5-7,10H,2-4H2,1H3,(H,18,19)(H2,16,17,20). The summed E-state index contributed by atoms with van der Waals surface area (Å²) in [4.78, 5) is 22.6. The van der Waals surface area contributed by atoms with Crippen molar-refractivity contribution >= 4 is 29.3 Å². The molecule has 1 aromatic rings. The Hall–Kier alpha value is -1.82. The van der Waals surface area contributed by atoms with Crippen molar-refractivity contribution in [2.24, 2.45) is 0 Å². The van der Waals surface area contributed by atoms with Gasteiger partial charge in [0.1, 0.15) is 11.9 Å². The highest BCUT2D eigenvalue weighted by Gasteiger charge is 2.19. The molecule has 110 valence electrons. The first-order valence-electron chi connectivity index (χ1n) is 6.19. The summed E-state index contributed by atoms with van der Waals surface area (Å²) in [5.74, 6) is -1.77. The predicted molar refractivity (Wildman–Crippen MR) is 74.5 cm³/mol. The van der Waals surface area contributed by atoms with Gasteiger partial charge in [0.2, 0.25) is 0 Å². The zero-order chi connectivity index (χ0) is 15.1. The van der Waals surface area contributed by atoms with Crippen LogP contribution >= 0.6 is 11.6 Å². The van der Waals surface area contributed by atoms with E-state index in [9.17, 15) is 14.0 Å². The molecule has 0 bridgehead atoms. The topological polar surface area (TPSA) is 78.4 Å². The van der Waals surface area contributed by atoms with Crippen LogP contribution in [0.3, 0.4) is 0 Å². The number of carboxylic acids is 1. The summed E-state index contributed by atoms with van der Waals surface area (Å²) in [5, 5.41) is 13.8. The zero-order valence-electron chi connectivity index (χ0n) is 11.0. The van der Waals surface area contributed by atoms with Crippen molar-refractivity contribution in [3.63, 3.8) is 0 Å². The molecule has 3 N–H and O–H groups in total. The van der Waals surface area contributed by atoms with E-state index < -0.39 is 23.9 Å². The van der Waals surface area contributed by atoms with E-state index in [-0.39, 0.29) is 10.7 Å². The van der Waals surface area contributed by atoms with E-state index >= 15 is 0 Å². The number of rotatable bonds is 6. The fourth-order valence-corrected chi connectivity index (χ4v) is 1.75. The fraction of sp³-hybridized carbons (Fsp3) is 0.385. The van der Waals surface area contributed by atoms with Gasteiger partial charge in [-0.05, 0) is 24.6 Å². The number of anilines is 1. The molecule has 0 radical (unpaired) electrons. The second-order valence-electron chi connectivity index (χ2n) is 4.26. The number of amides is 2. The smallest absolute Gasteiger partial charge is 0.326 e. The number of urea groups is 1. The lowest BCUT2D eigenvalue weighted by Gasteiger charge is -2.15. The van der Waals surface area contributed by atoms with Gasteiger partial charge in [-0.2, -0.15) is 0 Å². The summed E-state index contributed by atoms with van der Waals surface area (Å²) in [6.45, 7) is 1.92. The van der Waals surface area contributed by atoms with Crippen molar-refractivity contribution in [2.45, 2.75) is 32.2 Å². The van der Waals surface area contributed by atoms with Gasteiger partial charge in [-0.15, -0.1) is 0 Å². The Morgan fingerprint density at radius 3 is 2.75 bits per heavy atom. The molecule has 7 heteroatoms. The molecule has 0 aliphatic rings. The van der Waals surface area contributed by atoms with Gasteiger partial charge >= 0.3 is 12.0 Å². The van der Waals surface area contributed by atoms with Crippen molar-refractivity contribution in [1.82, 2.24) is 5.32 Å². The molecule has 0 aliphatic heterocycles. The lowest BCUT2D eigenvalue weighted by atomic mass is 10.1. The number of unbranched alkanes of at least 4 members (excludes halogenated alkanes) is 1. The molecular weight excluding hydrogens is 287 g/mol. The van der Waals surface area contributed by atoms with E-state index in [2.05, 4.69) is 10.6 Å². The maximum Gasteiger partial charge on any atom is 0.326 e. The SMILES string of the molecule is CCCCC(NC(=O)Nc1cc(Cl)ccc1F)C(=O)O. The van der Waals surface area contributed by atoms with E-state index in [1.807, 2.05) is 6.92 Å². The van der Waals surface area contributed by atoms with Gasteiger partial charge in [0, 0.05) is 5.02 Å². The van der Waals surface area contributed by atoms with E-state index in [4.69, 9.17) is 16.7 Å². The molecule has 0 fully saturated rings. The summed E-state index contributed by atoms with van der Waals surface area (Å²) in [6, 6.07) is 1.93. The van der Waals surface area contributed by atoms with Gasteiger partial charge in [0.15, 0.2) is 0 Å². The average molecular weight is 303 g/mol. The molecule has 0 saturated heterocycles. The number of benzene rings is 1. The summed E-state index contributed by atoms with van der Waals surface area (Å²) >= 11 is 5.69. The van der Waals surface area contributed by atoms with Gasteiger partial charge in [-0.25, -0.2) is 14.0 Å². The van der Waals surface area contributed by atoms with Crippen molar-refractivity contribution in [2.75, 3.05) is 5.32 Å². The second-order valence-corrected chi connectivity index (χ2v) is 4.69. The van der Waals surface area contributed by atoms with Crippen LogP contribution in [-0.2, 0) is 4.79 Å². The predicted octanol–water partition coefficient (Wildman–Crippen LogP) is 3.24. The maximum absolute atomic E-state index is 13.4. The molecule has 1 atom stereocenters. The number of halogens is 2. The second kappa shape index (κ2) is 7.69. The van der Waals surface area contributed by atoms with Crippen molar-refractivity contribution in [1.29, 1.82) is 0 Å². The lowest BCUT2D eigenvalue weighted by molar-refractivity contribution is -0.139. The third-order valence-corrected chi connectivity index (χ3v) is 2.86. The van der Waals surface area contributed by atoms with Crippen LogP contribution in [-0.4, -0.2) is 23.1 Å². The molecule has 1 rings (SSSR count). The average Bonchev–Trinajstić information content (AvgIpc) is 2.38. The molecule has 0 aliphatic carbocycles. The minimum Gasteiger partial charge on any atom is -0.480 e. The molecule has 20 heavy (non-hydrogen) atoms. The van der Waals surface area contributed by atoms with Gasteiger partial charge in [0.05, 0.1) is 5.69 Å². The third-order valence-electron chi connectivity index (χ3n) is 2.63. The van der Waals surface area contributed by atoms with Crippen LogP contribution in [0.15, 0.2) is 18.2 Å². The van der Waals surface area contributed by atoms with Crippen LogP contribution in [0.5, 0.6) is 0 Å². The summed E-state index contributed by atoms with van der Waals surface area (Å²) < 4.78 is 13.4. The molecule has 1 unspecified atom stereocenters. The first-order valence-corrected chi connectivity index (χ1v) is 6.57. The lowest BCUT2D eigenvalue weighted by Crippen LogP contribution is -2.43. The van der Waals surface area contributed by atoms with E-state index in [0.29, 0.717) is 12.8 Å². The Morgan fingerprint density at radius 2 is 2.15 bits per heavy atom. The summed E-state index contributed by atoms with van der Waals surface area (Å²) in [7, 11) is 0. The highest BCUT2D eigenvalue weighted by Crippen LogP contribution is 2.19. The first-order chi connectivity index (χ1) is 9.43. The van der Waals surface area contributed by atoms with Gasteiger partial charge in [-0.3, -0.25) is 0 Å². The van der Waals surface area contributed by atoms with Crippen molar-refractivity contribution < 1.29 is 19.1 Å². The number of carbonyl (C=O) groups excluding carboxylic acids is 1. The highest BCUT2D eigenvalue weighted by atomic mass is 35.5. The summed E-state index contributed by atoms with van der Waals surface area (Å²) in [5.41, 5.74) is -0.102. The highest BCUT2D eigenvalue weighted by molar-refractivity contribution is 6.30. The largest absolute Gasteiger partial charge is 0.480 e. The molecular formula is C13H16ClFN2O3. The van der Waals surface area contributed by atoms with Crippen LogP contribution in [0.4, 0.5) is 14.9 Å². The van der Waals surface area contributed by atoms with Crippen molar-refractivity contribution in [3.05, 3.63) is 29.0 Å². The summed E-state index contributed by atoms with van der Waals surface area (Å²) in [6.07, 6.45) is 1.80. The normalized spacial score (nSPS) is 11.8. The van der Waals surface area contributed by atoms with Gasteiger partial charge in [0.25, 0.3) is 0 Å². The van der Waals surface area contributed by atoms with Crippen LogP contribution in [0.2, 0.25) is 5.02 Å². The third kappa shape index (κ3) is 5.05. The van der Waals surface area contributed by atoms with E-state index in [1.165, 1.54) is 12.1 Å². The Labute approximate surface area is 121 Å². The van der Waals surface area contributed by atoms with Crippen molar-refractivity contribution in [3.8, 4) is 0 Å². The molecule has 0 saturated carbocycles. The number of hydrogen-bond donors (Lipinski definition) is 3. The molecule has 1 aromatic carbocycles. The Kier molecular flexibility index (Phi) is 6.24. The van der Waals surface area contributed by atoms with Crippen LogP contribution in [0.1, 0.15) is 26.2 Å². The number of carboxylic acid groups (broad SMARTS) is 1. The molecule has 0 aromatic heterocycles. The van der Waals surface area contributed by atoms with Crippen LogP contribution in [0.25, 0.3) is 0 Å². The Bertz CT molecular complexity index is 497. The number of hydrogen-bond acceptors (Lipinski definition) is 2. The number of carbonyl (C=O) groups is 2. The molecule has 2 amide bonds. The van der Waals surface area contributed by atoms with Gasteiger partial charge < -0.3 is 15.7 Å². The Morgan fingerprint density at radius 1 is 1.45 bits per heavy atom. The number of aliphatic carboxylic acids is 1. The fourth-order valence-electron chi connectivity index (χ4n) is 1.58. The van der Waals surface area contributed by atoms with Gasteiger partial charge in [-0.1, -0.05) is 31.4 Å². The first kappa shape index (κ1) is 16.2. The number of nitrogens with one attached hydrogen (secondary N) is 2. The minimum absolute atomic E-state index is 0.102. The Balaban J connectivity index is 2.65. The zero-order valence-corrected chi connectivity index (χ0v) is 11.7.